The van der Waals surface area contributed by atoms with Gasteiger partial charge in [-0.1, -0.05) is 6.07 Å². The molecule has 4 rings (SSSR count). The molecule has 112 valence electrons. The second-order valence-corrected chi connectivity index (χ2v) is 5.09. The Morgan fingerprint density at radius 1 is 1.13 bits per heavy atom. The molecule has 0 fully saturated rings. The molecule has 1 N–H and O–H groups in total. The van der Waals surface area contributed by atoms with Crippen LogP contribution in [0.4, 0.5) is 0 Å². The van der Waals surface area contributed by atoms with E-state index in [0.717, 1.165) is 27.4 Å². The molecule has 0 atom stereocenters. The first kappa shape index (κ1) is 13.4. The van der Waals surface area contributed by atoms with Crippen molar-refractivity contribution in [2.24, 2.45) is 0 Å². The average molecular weight is 304 g/mol. The Labute approximate surface area is 131 Å². The number of aromatic amines is 1. The lowest BCUT2D eigenvalue weighted by Crippen LogP contribution is -2.01. The fourth-order valence-corrected chi connectivity index (χ4v) is 2.69. The molecule has 1 aromatic carbocycles. The summed E-state index contributed by atoms with van der Waals surface area (Å²) in [5, 5.41) is 9.69. The van der Waals surface area contributed by atoms with Gasteiger partial charge < -0.3 is 4.74 Å². The van der Waals surface area contributed by atoms with Gasteiger partial charge in [-0.15, -0.1) is 0 Å². The van der Waals surface area contributed by atoms with E-state index >= 15 is 0 Å². The average Bonchev–Trinajstić information content (AvgIpc) is 3.14. The minimum absolute atomic E-state index is 0.384. The third-order valence-corrected chi connectivity index (χ3v) is 3.79. The van der Waals surface area contributed by atoms with Crippen LogP contribution in [0.2, 0.25) is 0 Å². The first-order valence-electron chi connectivity index (χ1n) is 7.03. The number of rotatable bonds is 2. The van der Waals surface area contributed by atoms with E-state index in [9.17, 15) is 4.79 Å². The van der Waals surface area contributed by atoms with E-state index in [1.54, 1.807) is 36.9 Å². The molecular weight excluding hydrogens is 292 g/mol. The van der Waals surface area contributed by atoms with Crippen LogP contribution >= 0.6 is 0 Å². The number of nitrogens with zero attached hydrogens (tertiary/aromatic N) is 3. The summed E-state index contributed by atoms with van der Waals surface area (Å²) in [6, 6.07) is 7.27. The van der Waals surface area contributed by atoms with Crippen LogP contribution in [0.1, 0.15) is 10.4 Å². The number of nitrogens with one attached hydrogen (secondary N) is 1. The number of esters is 1. The predicted molar refractivity (Wildman–Crippen MR) is 86.0 cm³/mol. The highest BCUT2D eigenvalue weighted by atomic mass is 16.5. The summed E-state index contributed by atoms with van der Waals surface area (Å²) in [6.07, 6.45) is 7.05. The van der Waals surface area contributed by atoms with Gasteiger partial charge in [-0.2, -0.15) is 5.10 Å². The molecule has 6 heteroatoms. The van der Waals surface area contributed by atoms with E-state index in [-0.39, 0.29) is 5.97 Å². The Balaban J connectivity index is 2.09. The highest BCUT2D eigenvalue weighted by molar-refractivity contribution is 6.11. The number of ether oxygens (including phenoxy) is 1. The lowest BCUT2D eigenvalue weighted by atomic mass is 10.0. The highest BCUT2D eigenvalue weighted by Gasteiger charge is 2.13. The van der Waals surface area contributed by atoms with E-state index in [0.29, 0.717) is 11.1 Å². The van der Waals surface area contributed by atoms with Gasteiger partial charge >= 0.3 is 5.97 Å². The van der Waals surface area contributed by atoms with Crippen molar-refractivity contribution in [3.8, 4) is 11.3 Å². The molecule has 0 saturated carbocycles. The summed E-state index contributed by atoms with van der Waals surface area (Å²) in [7, 11) is 1.36. The van der Waals surface area contributed by atoms with Gasteiger partial charge in [0.2, 0.25) is 0 Å². The van der Waals surface area contributed by atoms with Gasteiger partial charge in [-0.25, -0.2) is 9.78 Å². The minimum Gasteiger partial charge on any atom is -0.465 e. The number of methoxy groups -OCH3 is 1. The highest BCUT2D eigenvalue weighted by Crippen LogP contribution is 2.31. The third-order valence-electron chi connectivity index (χ3n) is 3.79. The van der Waals surface area contributed by atoms with Crippen LogP contribution in [0.3, 0.4) is 0 Å². The number of carbonyl (C=O) groups is 1. The molecule has 0 bridgehead atoms. The van der Waals surface area contributed by atoms with Crippen LogP contribution in [0.5, 0.6) is 0 Å². The van der Waals surface area contributed by atoms with Crippen molar-refractivity contribution in [1.82, 2.24) is 20.2 Å². The van der Waals surface area contributed by atoms with E-state index < -0.39 is 0 Å². The first-order chi connectivity index (χ1) is 11.3. The van der Waals surface area contributed by atoms with E-state index in [2.05, 4.69) is 15.2 Å². The Bertz CT molecular complexity index is 1030. The van der Waals surface area contributed by atoms with Crippen LogP contribution in [0, 0.1) is 0 Å². The summed E-state index contributed by atoms with van der Waals surface area (Å²) < 4.78 is 4.78. The fraction of sp³-hybridized carbons (Fsp3) is 0.0588. The molecule has 0 aliphatic rings. The summed E-state index contributed by atoms with van der Waals surface area (Å²) >= 11 is 0. The maximum atomic E-state index is 11.8. The Morgan fingerprint density at radius 3 is 2.83 bits per heavy atom. The lowest BCUT2D eigenvalue weighted by Gasteiger charge is -2.09. The van der Waals surface area contributed by atoms with Gasteiger partial charge in [-0.3, -0.25) is 10.1 Å². The first-order valence-corrected chi connectivity index (χ1v) is 7.03. The lowest BCUT2D eigenvalue weighted by molar-refractivity contribution is 0.0601. The number of fused-ring (bicyclic) bond motifs is 3. The molecule has 23 heavy (non-hydrogen) atoms. The SMILES string of the molecule is COC(=O)c1ccc2c(c1)nc(-c1cn[nH]c1)c1ccncc12. The molecule has 0 radical (unpaired) electrons. The summed E-state index contributed by atoms with van der Waals surface area (Å²) in [4.78, 5) is 20.7. The molecular formula is C17H12N4O2. The monoisotopic (exact) mass is 304 g/mol. The number of carbonyl (C=O) groups excluding carboxylic acids is 1. The normalized spacial score (nSPS) is 11.0. The zero-order valence-electron chi connectivity index (χ0n) is 12.3. The van der Waals surface area contributed by atoms with Crippen molar-refractivity contribution in [1.29, 1.82) is 0 Å². The van der Waals surface area contributed by atoms with Crippen LogP contribution < -0.4 is 0 Å². The van der Waals surface area contributed by atoms with Gasteiger partial charge in [0.1, 0.15) is 0 Å². The number of H-pyrrole nitrogens is 1. The van der Waals surface area contributed by atoms with Gasteiger partial charge in [0.05, 0.1) is 30.1 Å². The number of hydrogen-bond acceptors (Lipinski definition) is 5. The maximum absolute atomic E-state index is 11.8. The molecule has 0 saturated heterocycles. The number of aromatic nitrogens is 4. The molecule has 0 aliphatic heterocycles. The van der Waals surface area contributed by atoms with Crippen LogP contribution in [0.25, 0.3) is 32.9 Å². The smallest absolute Gasteiger partial charge is 0.337 e. The second-order valence-electron chi connectivity index (χ2n) is 5.09. The molecule has 0 amide bonds. The van der Waals surface area contributed by atoms with E-state index in [4.69, 9.17) is 9.72 Å². The molecule has 0 spiro atoms. The number of benzene rings is 1. The third kappa shape index (κ3) is 2.12. The number of pyridine rings is 2. The summed E-state index contributed by atoms with van der Waals surface area (Å²) in [5.74, 6) is -0.384. The molecule has 3 aromatic heterocycles. The van der Waals surface area contributed by atoms with Gasteiger partial charge in [-0.05, 0) is 18.2 Å². The van der Waals surface area contributed by atoms with E-state index in [1.165, 1.54) is 7.11 Å². The largest absolute Gasteiger partial charge is 0.465 e. The molecule has 6 nitrogen and oxygen atoms in total. The van der Waals surface area contributed by atoms with Gasteiger partial charge in [0.15, 0.2) is 0 Å². The van der Waals surface area contributed by atoms with E-state index in [1.807, 2.05) is 12.1 Å². The van der Waals surface area contributed by atoms with Crippen molar-refractivity contribution >= 4 is 27.6 Å². The van der Waals surface area contributed by atoms with Crippen LogP contribution in [-0.4, -0.2) is 33.2 Å². The van der Waals surface area contributed by atoms with Crippen LogP contribution in [0.15, 0.2) is 49.1 Å². The Hall–Kier alpha value is -3.28. The van der Waals surface area contributed by atoms with Gasteiger partial charge in [0.25, 0.3) is 0 Å². The molecule has 0 aliphatic carbocycles. The maximum Gasteiger partial charge on any atom is 0.337 e. The van der Waals surface area contributed by atoms with Crippen molar-refractivity contribution in [2.75, 3.05) is 7.11 Å². The standard InChI is InChI=1S/C17H12N4O2/c1-23-17(22)10-2-3-12-14-9-18-5-4-13(14)16(21-15(12)6-10)11-7-19-20-8-11/h2-9H,1H3,(H,19,20). The minimum atomic E-state index is -0.384. The molecule has 4 aromatic rings. The second kappa shape index (κ2) is 5.17. The topological polar surface area (TPSA) is 80.8 Å². The van der Waals surface area contributed by atoms with Crippen molar-refractivity contribution in [3.05, 3.63) is 54.6 Å². The van der Waals surface area contributed by atoms with Crippen LogP contribution in [-0.2, 0) is 4.74 Å². The zero-order valence-corrected chi connectivity index (χ0v) is 12.3. The number of hydrogen-bond donors (Lipinski definition) is 1. The Morgan fingerprint density at radius 2 is 2.04 bits per heavy atom. The predicted octanol–water partition coefficient (Wildman–Crippen LogP) is 2.96. The molecule has 0 unspecified atom stereocenters. The quantitative estimate of drug-likeness (QED) is 0.455. The van der Waals surface area contributed by atoms with Crippen molar-refractivity contribution in [2.45, 2.75) is 0 Å². The summed E-state index contributed by atoms with van der Waals surface area (Å²) in [5.41, 5.74) is 2.86. The van der Waals surface area contributed by atoms with Crippen molar-refractivity contribution < 1.29 is 9.53 Å². The fourth-order valence-electron chi connectivity index (χ4n) is 2.69. The Kier molecular flexibility index (Phi) is 3.01. The van der Waals surface area contributed by atoms with Gasteiger partial charge in [0, 0.05) is 40.3 Å². The summed E-state index contributed by atoms with van der Waals surface area (Å²) in [6.45, 7) is 0. The zero-order chi connectivity index (χ0) is 15.8. The molecule has 3 heterocycles. The van der Waals surface area contributed by atoms with Crippen molar-refractivity contribution in [3.63, 3.8) is 0 Å².